The third kappa shape index (κ3) is 2.84. The molecule has 2 saturated carbocycles. The van der Waals surface area contributed by atoms with Gasteiger partial charge in [-0.25, -0.2) is 4.68 Å². The normalized spacial score (nSPS) is 20.1. The second-order valence-corrected chi connectivity index (χ2v) is 5.28. The molecule has 0 atom stereocenters. The lowest BCUT2D eigenvalue weighted by Gasteiger charge is -2.16. The Labute approximate surface area is 101 Å². The smallest absolute Gasteiger partial charge is 0.0964 e. The Morgan fingerprint density at radius 1 is 1.35 bits per heavy atom. The van der Waals surface area contributed by atoms with Gasteiger partial charge in [0.1, 0.15) is 0 Å². The lowest BCUT2D eigenvalue weighted by Crippen LogP contribution is -2.32. The second kappa shape index (κ2) is 4.74. The fourth-order valence-corrected chi connectivity index (χ4v) is 2.48. The molecular formula is C12H20N4O. The fraction of sp³-hybridized carbons (Fsp3) is 0.833. The summed E-state index contributed by atoms with van der Waals surface area (Å²) in [6.45, 7) is 1.45. The van der Waals surface area contributed by atoms with Crippen LogP contribution in [0.15, 0.2) is 6.20 Å². The zero-order chi connectivity index (χ0) is 11.7. The Morgan fingerprint density at radius 3 is 2.65 bits per heavy atom. The van der Waals surface area contributed by atoms with Gasteiger partial charge in [0, 0.05) is 18.8 Å². The van der Waals surface area contributed by atoms with Crippen LogP contribution in [0.3, 0.4) is 0 Å². The van der Waals surface area contributed by atoms with E-state index >= 15 is 0 Å². The summed E-state index contributed by atoms with van der Waals surface area (Å²) in [5, 5.41) is 20.5. The number of hydrogen-bond donors (Lipinski definition) is 2. The molecular weight excluding hydrogens is 216 g/mol. The molecule has 0 unspecified atom stereocenters. The van der Waals surface area contributed by atoms with Crippen LogP contribution in [0, 0.1) is 11.8 Å². The largest absolute Gasteiger partial charge is 0.394 e. The van der Waals surface area contributed by atoms with E-state index in [9.17, 15) is 0 Å². The van der Waals surface area contributed by atoms with Crippen molar-refractivity contribution in [1.29, 1.82) is 0 Å². The van der Waals surface area contributed by atoms with Crippen molar-refractivity contribution in [2.45, 2.75) is 44.8 Å². The predicted molar refractivity (Wildman–Crippen MR) is 63.2 cm³/mol. The standard InChI is InChI=1S/C12H20N4O/c17-6-5-16-8-11(14-15-16)7-13-12(9-1-2-9)10-3-4-10/h8-10,12-13,17H,1-7H2. The number of rotatable bonds is 7. The highest BCUT2D eigenvalue weighted by Crippen LogP contribution is 2.44. The summed E-state index contributed by atoms with van der Waals surface area (Å²) in [6.07, 6.45) is 7.49. The van der Waals surface area contributed by atoms with Crippen LogP contribution in [0.25, 0.3) is 0 Å². The molecule has 0 radical (unpaired) electrons. The summed E-state index contributed by atoms with van der Waals surface area (Å²) >= 11 is 0. The molecule has 1 aromatic rings. The van der Waals surface area contributed by atoms with E-state index in [0.717, 1.165) is 24.1 Å². The molecule has 0 spiro atoms. The lowest BCUT2D eigenvalue weighted by molar-refractivity contribution is 0.268. The summed E-state index contributed by atoms with van der Waals surface area (Å²) in [7, 11) is 0. The molecule has 0 bridgehead atoms. The molecule has 0 amide bonds. The zero-order valence-electron chi connectivity index (χ0n) is 10.0. The molecule has 0 saturated heterocycles. The minimum atomic E-state index is 0.114. The van der Waals surface area contributed by atoms with Gasteiger partial charge in [-0.1, -0.05) is 5.21 Å². The van der Waals surface area contributed by atoms with E-state index < -0.39 is 0 Å². The quantitative estimate of drug-likeness (QED) is 0.725. The number of hydrogen-bond acceptors (Lipinski definition) is 4. The summed E-state index contributed by atoms with van der Waals surface area (Å²) < 4.78 is 1.69. The Balaban J connectivity index is 1.51. The third-order valence-corrected chi connectivity index (χ3v) is 3.69. The van der Waals surface area contributed by atoms with E-state index in [-0.39, 0.29) is 6.61 Å². The highest BCUT2D eigenvalue weighted by molar-refractivity contribution is 4.99. The molecule has 2 aliphatic rings. The van der Waals surface area contributed by atoms with Gasteiger partial charge in [-0.05, 0) is 37.5 Å². The summed E-state index contributed by atoms with van der Waals surface area (Å²) in [5.74, 6) is 1.82. The monoisotopic (exact) mass is 236 g/mol. The number of nitrogens with zero attached hydrogens (tertiary/aromatic N) is 3. The first kappa shape index (κ1) is 11.2. The van der Waals surface area contributed by atoms with Crippen LogP contribution in [-0.4, -0.2) is 32.7 Å². The van der Waals surface area contributed by atoms with Crippen molar-refractivity contribution in [3.63, 3.8) is 0 Å². The first-order valence-corrected chi connectivity index (χ1v) is 6.60. The minimum Gasteiger partial charge on any atom is -0.394 e. The summed E-state index contributed by atoms with van der Waals surface area (Å²) in [5.41, 5.74) is 0.977. The second-order valence-electron chi connectivity index (χ2n) is 5.28. The number of aliphatic hydroxyl groups excluding tert-OH is 1. The predicted octanol–water partition coefficient (Wildman–Crippen LogP) is 0.549. The van der Waals surface area contributed by atoms with E-state index in [1.807, 2.05) is 6.20 Å². The molecule has 2 N–H and O–H groups in total. The van der Waals surface area contributed by atoms with Gasteiger partial charge in [-0.2, -0.15) is 0 Å². The molecule has 1 aromatic heterocycles. The van der Waals surface area contributed by atoms with Crippen LogP contribution in [0.4, 0.5) is 0 Å². The van der Waals surface area contributed by atoms with Crippen molar-refractivity contribution in [2.24, 2.45) is 11.8 Å². The molecule has 17 heavy (non-hydrogen) atoms. The summed E-state index contributed by atoms with van der Waals surface area (Å²) in [4.78, 5) is 0. The van der Waals surface area contributed by atoms with Crippen LogP contribution in [0.2, 0.25) is 0 Å². The van der Waals surface area contributed by atoms with Crippen LogP contribution in [-0.2, 0) is 13.1 Å². The van der Waals surface area contributed by atoms with Crippen LogP contribution in [0.1, 0.15) is 31.4 Å². The average molecular weight is 236 g/mol. The van der Waals surface area contributed by atoms with Crippen LogP contribution < -0.4 is 5.32 Å². The van der Waals surface area contributed by atoms with Gasteiger partial charge in [0.2, 0.25) is 0 Å². The topological polar surface area (TPSA) is 63.0 Å². The molecule has 2 aliphatic carbocycles. The van der Waals surface area contributed by atoms with Gasteiger partial charge >= 0.3 is 0 Å². The highest BCUT2D eigenvalue weighted by Gasteiger charge is 2.40. The van der Waals surface area contributed by atoms with E-state index in [2.05, 4.69) is 15.6 Å². The molecule has 0 aliphatic heterocycles. The number of aromatic nitrogens is 3. The Bertz CT molecular complexity index is 358. The first-order valence-electron chi connectivity index (χ1n) is 6.60. The first-order chi connectivity index (χ1) is 8.36. The van der Waals surface area contributed by atoms with Crippen molar-refractivity contribution in [2.75, 3.05) is 6.61 Å². The number of nitrogens with one attached hydrogen (secondary N) is 1. The van der Waals surface area contributed by atoms with Gasteiger partial charge in [-0.3, -0.25) is 0 Å². The Hall–Kier alpha value is -0.940. The highest BCUT2D eigenvalue weighted by atomic mass is 16.3. The van der Waals surface area contributed by atoms with Crippen molar-refractivity contribution >= 4 is 0 Å². The van der Waals surface area contributed by atoms with Crippen molar-refractivity contribution in [3.05, 3.63) is 11.9 Å². The average Bonchev–Trinajstić information content (AvgIpc) is 3.21. The molecule has 2 fully saturated rings. The van der Waals surface area contributed by atoms with E-state index in [1.54, 1.807) is 4.68 Å². The third-order valence-electron chi connectivity index (χ3n) is 3.69. The van der Waals surface area contributed by atoms with Gasteiger partial charge < -0.3 is 10.4 Å². The van der Waals surface area contributed by atoms with Gasteiger partial charge in [0.15, 0.2) is 0 Å². The van der Waals surface area contributed by atoms with Crippen LogP contribution >= 0.6 is 0 Å². The van der Waals surface area contributed by atoms with Crippen molar-refractivity contribution in [1.82, 2.24) is 20.3 Å². The van der Waals surface area contributed by atoms with Gasteiger partial charge in [0.05, 0.1) is 18.8 Å². The van der Waals surface area contributed by atoms with Crippen LogP contribution in [0.5, 0.6) is 0 Å². The zero-order valence-corrected chi connectivity index (χ0v) is 10.0. The minimum absolute atomic E-state index is 0.114. The lowest BCUT2D eigenvalue weighted by atomic mass is 10.1. The SMILES string of the molecule is OCCn1cc(CNC(C2CC2)C2CC2)nn1. The van der Waals surface area contributed by atoms with E-state index in [4.69, 9.17) is 5.11 Å². The molecule has 1 heterocycles. The molecule has 94 valence electrons. The maximum Gasteiger partial charge on any atom is 0.0964 e. The maximum absolute atomic E-state index is 8.80. The Morgan fingerprint density at radius 2 is 2.06 bits per heavy atom. The Kier molecular flexibility index (Phi) is 3.11. The van der Waals surface area contributed by atoms with E-state index in [0.29, 0.717) is 12.6 Å². The molecule has 5 nitrogen and oxygen atoms in total. The van der Waals surface area contributed by atoms with E-state index in [1.165, 1.54) is 25.7 Å². The maximum atomic E-state index is 8.80. The molecule has 3 rings (SSSR count). The number of aliphatic hydroxyl groups is 1. The van der Waals surface area contributed by atoms with Crippen molar-refractivity contribution in [3.8, 4) is 0 Å². The van der Waals surface area contributed by atoms with Gasteiger partial charge in [0.25, 0.3) is 0 Å². The fourth-order valence-electron chi connectivity index (χ4n) is 2.48. The van der Waals surface area contributed by atoms with Gasteiger partial charge in [-0.15, -0.1) is 5.10 Å². The molecule has 5 heteroatoms. The van der Waals surface area contributed by atoms with Crippen molar-refractivity contribution < 1.29 is 5.11 Å². The molecule has 0 aromatic carbocycles. The summed E-state index contributed by atoms with van der Waals surface area (Å²) in [6, 6.07) is 0.706.